The Balaban J connectivity index is 1.22. The van der Waals surface area contributed by atoms with E-state index in [0.29, 0.717) is 18.5 Å². The van der Waals surface area contributed by atoms with E-state index in [1.165, 1.54) is 27.1 Å². The monoisotopic (exact) mass is 648 g/mol. The molecule has 4 atom stereocenters. The molecule has 0 aromatic heterocycles. The molecule has 8 nitrogen and oxygen atoms in total. The molecule has 0 aliphatic carbocycles. The van der Waals surface area contributed by atoms with Gasteiger partial charge in [-0.15, -0.1) is 11.8 Å². The molecule has 1 N–H and O–H groups in total. The largest absolute Gasteiger partial charge is 0.493 e. The molecule has 248 valence electrons. The molecule has 46 heavy (non-hydrogen) atoms. The fourth-order valence-corrected chi connectivity index (χ4v) is 8.11. The summed E-state index contributed by atoms with van der Waals surface area (Å²) < 4.78 is 28.8. The van der Waals surface area contributed by atoms with Gasteiger partial charge in [0.05, 0.1) is 28.4 Å². The summed E-state index contributed by atoms with van der Waals surface area (Å²) in [5.41, 5.74) is 5.32. The van der Waals surface area contributed by atoms with Crippen molar-refractivity contribution in [2.75, 3.05) is 67.5 Å². The maximum Gasteiger partial charge on any atom is 0.161 e. The molecule has 6 rings (SSSR count). The van der Waals surface area contributed by atoms with E-state index >= 15 is 0 Å². The minimum Gasteiger partial charge on any atom is -0.493 e. The number of rotatable bonds is 12. The molecule has 0 radical (unpaired) electrons. The number of thioether (sulfide) groups is 1. The molecule has 4 unspecified atom stereocenters. The predicted molar refractivity (Wildman–Crippen MR) is 182 cm³/mol. The standard InChI is InChI=1S/C37H48N2O6S/c1-41-34-18-25-11-14-38-13-10-24(16-32(38)30(25)20-36(34)43-3)17-33-31-21-37(44-4)35(42-2)19-26(31)12-15-39(33)22-27(40)23-45-28-6-8-29(46-5)9-7-28/h6-9,18-21,24,27,32-33,40H,10-17,22-23H2,1-5H3. The fraction of sp³-hybridized carbons (Fsp3) is 0.514. The zero-order chi connectivity index (χ0) is 32.2. The molecule has 0 bridgehead atoms. The Hall–Kier alpha value is -3.11. The highest BCUT2D eigenvalue weighted by atomic mass is 32.2. The zero-order valence-corrected chi connectivity index (χ0v) is 28.6. The van der Waals surface area contributed by atoms with Gasteiger partial charge in [0.15, 0.2) is 23.0 Å². The number of aliphatic hydroxyl groups excluding tert-OH is 1. The Morgan fingerprint density at radius 1 is 0.804 bits per heavy atom. The molecule has 3 aromatic carbocycles. The quantitative estimate of drug-likeness (QED) is 0.232. The van der Waals surface area contributed by atoms with Crippen molar-refractivity contribution >= 4 is 11.8 Å². The summed E-state index contributed by atoms with van der Waals surface area (Å²) in [6, 6.07) is 17.3. The lowest BCUT2D eigenvalue weighted by atomic mass is 9.77. The molecule has 0 saturated carbocycles. The van der Waals surface area contributed by atoms with Crippen molar-refractivity contribution in [3.63, 3.8) is 0 Å². The maximum atomic E-state index is 11.2. The summed E-state index contributed by atoms with van der Waals surface area (Å²) >= 11 is 1.70. The Morgan fingerprint density at radius 2 is 1.41 bits per heavy atom. The molecule has 3 aliphatic heterocycles. The second-order valence-electron chi connectivity index (χ2n) is 12.6. The van der Waals surface area contributed by atoms with E-state index in [1.807, 2.05) is 24.3 Å². The smallest absolute Gasteiger partial charge is 0.161 e. The Morgan fingerprint density at radius 3 is 2.07 bits per heavy atom. The van der Waals surface area contributed by atoms with Crippen LogP contribution in [0, 0.1) is 5.92 Å². The summed E-state index contributed by atoms with van der Waals surface area (Å²) in [6.45, 7) is 3.82. The highest BCUT2D eigenvalue weighted by Crippen LogP contribution is 2.47. The van der Waals surface area contributed by atoms with Crippen LogP contribution in [0.3, 0.4) is 0 Å². The molecule has 1 fully saturated rings. The first-order chi connectivity index (χ1) is 22.4. The van der Waals surface area contributed by atoms with Gasteiger partial charge in [-0.05, 0) is 122 Å². The van der Waals surface area contributed by atoms with Gasteiger partial charge in [-0.3, -0.25) is 9.80 Å². The van der Waals surface area contributed by atoms with Crippen molar-refractivity contribution in [2.24, 2.45) is 5.92 Å². The number of aliphatic hydroxyl groups is 1. The second kappa shape index (κ2) is 14.8. The molecule has 3 aromatic rings. The maximum absolute atomic E-state index is 11.2. The van der Waals surface area contributed by atoms with Gasteiger partial charge in [-0.25, -0.2) is 0 Å². The van der Waals surface area contributed by atoms with E-state index in [-0.39, 0.29) is 12.6 Å². The third-order valence-electron chi connectivity index (χ3n) is 10.1. The van der Waals surface area contributed by atoms with Gasteiger partial charge in [-0.1, -0.05) is 0 Å². The SMILES string of the molecule is COc1cc2c(cc1OC)C1CC(CC3c4cc(OC)c(OC)cc4CCN3CC(O)COc3ccc(SC)cc3)CCN1CC2. The van der Waals surface area contributed by atoms with Crippen LogP contribution in [0.1, 0.15) is 53.6 Å². The molecule has 0 amide bonds. The number of benzene rings is 3. The average Bonchev–Trinajstić information content (AvgIpc) is 3.10. The third kappa shape index (κ3) is 6.93. The summed E-state index contributed by atoms with van der Waals surface area (Å²) in [5.74, 6) is 4.43. The highest BCUT2D eigenvalue weighted by molar-refractivity contribution is 7.98. The van der Waals surface area contributed by atoms with Crippen LogP contribution >= 0.6 is 11.8 Å². The van der Waals surface area contributed by atoms with Crippen LogP contribution in [0.25, 0.3) is 0 Å². The van der Waals surface area contributed by atoms with Crippen LogP contribution < -0.4 is 23.7 Å². The topological polar surface area (TPSA) is 72.9 Å². The molecule has 9 heteroatoms. The van der Waals surface area contributed by atoms with Gasteiger partial charge in [0, 0.05) is 36.6 Å². The lowest BCUT2D eigenvalue weighted by Crippen LogP contribution is -2.45. The van der Waals surface area contributed by atoms with Crippen LogP contribution in [0.4, 0.5) is 0 Å². The summed E-state index contributed by atoms with van der Waals surface area (Å²) in [7, 11) is 6.82. The Bertz CT molecular complexity index is 1480. The Kier molecular flexibility index (Phi) is 10.5. The van der Waals surface area contributed by atoms with E-state index in [1.54, 1.807) is 40.2 Å². The lowest BCUT2D eigenvalue weighted by Gasteiger charge is -2.46. The summed E-state index contributed by atoms with van der Waals surface area (Å²) in [5, 5.41) is 11.2. The van der Waals surface area contributed by atoms with E-state index in [4.69, 9.17) is 23.7 Å². The van der Waals surface area contributed by atoms with Crippen LogP contribution in [-0.4, -0.2) is 88.5 Å². The zero-order valence-electron chi connectivity index (χ0n) is 27.8. The average molecular weight is 649 g/mol. The van der Waals surface area contributed by atoms with Crippen LogP contribution in [0.5, 0.6) is 28.7 Å². The number of hydrogen-bond donors (Lipinski definition) is 1. The summed E-state index contributed by atoms with van der Waals surface area (Å²) in [6.07, 6.45) is 6.63. The number of β-amino-alcohol motifs (C(OH)–C–C–N with tert-alkyl or cyclic N) is 1. The van der Waals surface area contributed by atoms with Crippen molar-refractivity contribution in [3.8, 4) is 28.7 Å². The predicted octanol–water partition coefficient (Wildman–Crippen LogP) is 6.18. The number of hydrogen-bond acceptors (Lipinski definition) is 9. The molecular formula is C37H48N2O6S. The van der Waals surface area contributed by atoms with Gasteiger partial charge in [0.1, 0.15) is 18.5 Å². The van der Waals surface area contributed by atoms with Crippen LogP contribution in [-0.2, 0) is 12.8 Å². The van der Waals surface area contributed by atoms with Crippen molar-refractivity contribution in [3.05, 3.63) is 70.8 Å². The number of methoxy groups -OCH3 is 4. The Labute approximate surface area is 277 Å². The molecule has 3 aliphatic rings. The highest BCUT2D eigenvalue weighted by Gasteiger charge is 2.38. The van der Waals surface area contributed by atoms with Crippen molar-refractivity contribution in [2.45, 2.75) is 55.2 Å². The van der Waals surface area contributed by atoms with E-state index in [2.05, 4.69) is 40.3 Å². The van der Waals surface area contributed by atoms with Crippen molar-refractivity contribution in [1.29, 1.82) is 0 Å². The van der Waals surface area contributed by atoms with Gasteiger partial charge in [0.2, 0.25) is 0 Å². The van der Waals surface area contributed by atoms with Gasteiger partial charge in [0.25, 0.3) is 0 Å². The van der Waals surface area contributed by atoms with Crippen LogP contribution in [0.15, 0.2) is 53.4 Å². The van der Waals surface area contributed by atoms with Crippen LogP contribution in [0.2, 0.25) is 0 Å². The molecule has 0 spiro atoms. The normalized spacial score (nSPS) is 21.8. The minimum absolute atomic E-state index is 0.157. The number of fused-ring (bicyclic) bond motifs is 4. The van der Waals surface area contributed by atoms with E-state index < -0.39 is 6.10 Å². The van der Waals surface area contributed by atoms with Crippen molar-refractivity contribution in [1.82, 2.24) is 9.80 Å². The molecular weight excluding hydrogens is 600 g/mol. The van der Waals surface area contributed by atoms with Gasteiger partial charge < -0.3 is 28.8 Å². The second-order valence-corrected chi connectivity index (χ2v) is 13.5. The number of nitrogens with zero attached hydrogens (tertiary/aromatic N) is 2. The lowest BCUT2D eigenvalue weighted by molar-refractivity contribution is 0.0331. The van der Waals surface area contributed by atoms with E-state index in [9.17, 15) is 5.11 Å². The third-order valence-corrected chi connectivity index (χ3v) is 10.9. The van der Waals surface area contributed by atoms with E-state index in [0.717, 1.165) is 80.5 Å². The van der Waals surface area contributed by atoms with Gasteiger partial charge in [-0.2, -0.15) is 0 Å². The molecule has 3 heterocycles. The molecule has 1 saturated heterocycles. The minimum atomic E-state index is -0.612. The number of piperidine rings is 1. The summed E-state index contributed by atoms with van der Waals surface area (Å²) in [4.78, 5) is 6.31. The fourth-order valence-electron chi connectivity index (χ4n) is 7.70. The first kappa shape index (κ1) is 32.8. The number of ether oxygens (including phenoxy) is 5. The van der Waals surface area contributed by atoms with Crippen molar-refractivity contribution < 1.29 is 28.8 Å². The van der Waals surface area contributed by atoms with Gasteiger partial charge >= 0.3 is 0 Å². The first-order valence-corrected chi connectivity index (χ1v) is 17.6. The first-order valence-electron chi connectivity index (χ1n) is 16.4.